The van der Waals surface area contributed by atoms with Gasteiger partial charge in [0.25, 0.3) is 0 Å². The molecule has 46 heavy (non-hydrogen) atoms. The average Bonchev–Trinajstić information content (AvgIpc) is 3.63. The molecule has 0 unspecified atom stereocenters. The van der Waals surface area contributed by atoms with E-state index in [1.165, 1.54) is 5.69 Å². The fourth-order valence-electron chi connectivity index (χ4n) is 6.71. The van der Waals surface area contributed by atoms with Gasteiger partial charge in [-0.1, -0.05) is 36.4 Å². The highest BCUT2D eigenvalue weighted by Crippen LogP contribution is 2.40. The number of carboxylic acids is 1. The lowest BCUT2D eigenvalue weighted by atomic mass is 9.98. The number of fused-ring (bicyclic) bond motifs is 8. The fourth-order valence-corrected chi connectivity index (χ4v) is 8.54. The van der Waals surface area contributed by atoms with E-state index in [2.05, 4.69) is 60.0 Å². The maximum atomic E-state index is 12.8. The SMILES string of the molecule is Cc1ccc2c3c(C(=O)O)n(C)c2c1-c1c(nc(C)n1C)CSCc1cc(n(C)n1)CSc1cc(c2ccccc2c1)OCCC3. The van der Waals surface area contributed by atoms with Crippen molar-refractivity contribution >= 4 is 51.2 Å². The Labute approximate surface area is 276 Å². The molecule has 0 atom stereocenters. The van der Waals surface area contributed by atoms with Gasteiger partial charge in [-0.3, -0.25) is 4.68 Å². The molecule has 0 radical (unpaired) electrons. The second kappa shape index (κ2) is 12.2. The number of aromatic nitrogens is 5. The van der Waals surface area contributed by atoms with E-state index >= 15 is 0 Å². The number of aromatic carboxylic acids is 1. The topological polar surface area (TPSA) is 87.1 Å². The molecule has 7 rings (SSSR count). The standard InChI is InChI=1S/C36H37N5O3S2/c1-21-12-13-29-28-11-8-14-44-31-17-26(15-23-9-6-7-10-27(23)31)46-19-25-16-24(38-41(25)5)18-45-20-30-35(39(3)22(2)37-30)32(21)33(29)40(4)34(28)36(42)43/h6-7,9-10,12-13,15-17H,8,11,14,18-20H2,1-5H3,(H,42,43). The molecule has 0 fully saturated rings. The number of imidazole rings is 1. The van der Waals surface area contributed by atoms with E-state index < -0.39 is 5.97 Å². The molecule has 0 amide bonds. The molecule has 236 valence electrons. The molecule has 10 heteroatoms. The molecule has 0 saturated carbocycles. The van der Waals surface area contributed by atoms with Gasteiger partial charge in [0.2, 0.25) is 0 Å². The van der Waals surface area contributed by atoms with Crippen LogP contribution in [0.4, 0.5) is 0 Å². The summed E-state index contributed by atoms with van der Waals surface area (Å²) in [4.78, 5) is 18.9. The molecule has 6 aromatic rings. The smallest absolute Gasteiger partial charge is 0.352 e. The van der Waals surface area contributed by atoms with Crippen LogP contribution in [0.1, 0.15) is 50.9 Å². The zero-order chi connectivity index (χ0) is 32.1. The van der Waals surface area contributed by atoms with Crippen LogP contribution in [0, 0.1) is 13.8 Å². The van der Waals surface area contributed by atoms with Crippen LogP contribution in [0.2, 0.25) is 0 Å². The summed E-state index contributed by atoms with van der Waals surface area (Å²) >= 11 is 3.58. The van der Waals surface area contributed by atoms with Crippen molar-refractivity contribution in [2.24, 2.45) is 21.1 Å². The van der Waals surface area contributed by atoms with Crippen molar-refractivity contribution in [1.82, 2.24) is 23.9 Å². The van der Waals surface area contributed by atoms with Crippen LogP contribution >= 0.6 is 23.5 Å². The molecule has 8 bridgehead atoms. The average molecular weight is 652 g/mol. The van der Waals surface area contributed by atoms with E-state index in [1.807, 2.05) is 43.4 Å². The van der Waals surface area contributed by atoms with Gasteiger partial charge in [0.05, 0.1) is 29.2 Å². The molecule has 1 aliphatic rings. The van der Waals surface area contributed by atoms with Gasteiger partial charge in [-0.2, -0.15) is 5.10 Å². The van der Waals surface area contributed by atoms with E-state index in [-0.39, 0.29) is 0 Å². The minimum Gasteiger partial charge on any atom is -0.493 e. The number of nitrogens with zero attached hydrogens (tertiary/aromatic N) is 5. The second-order valence-corrected chi connectivity index (χ2v) is 14.0. The highest BCUT2D eigenvalue weighted by atomic mass is 32.2. The summed E-state index contributed by atoms with van der Waals surface area (Å²) in [5.74, 6) is 3.13. The Morgan fingerprint density at radius 1 is 0.957 bits per heavy atom. The third kappa shape index (κ3) is 5.37. The number of ether oxygens (including phenoxy) is 1. The van der Waals surface area contributed by atoms with Crippen LogP contribution in [0.5, 0.6) is 5.75 Å². The predicted molar refractivity (Wildman–Crippen MR) is 187 cm³/mol. The summed E-state index contributed by atoms with van der Waals surface area (Å²) in [6, 6.07) is 19.1. The third-order valence-corrected chi connectivity index (χ3v) is 11.0. The Kier molecular flexibility index (Phi) is 8.10. The molecule has 1 N–H and O–H groups in total. The number of aryl methyl sites for hydroxylation is 5. The van der Waals surface area contributed by atoms with Crippen molar-refractivity contribution in [2.45, 2.75) is 48.8 Å². The first kappa shape index (κ1) is 30.5. The van der Waals surface area contributed by atoms with Crippen LogP contribution < -0.4 is 4.74 Å². The van der Waals surface area contributed by atoms with Crippen molar-refractivity contribution in [1.29, 1.82) is 0 Å². The fraction of sp³-hybridized carbons (Fsp3) is 0.306. The summed E-state index contributed by atoms with van der Waals surface area (Å²) in [7, 11) is 5.94. The molecule has 0 saturated heterocycles. The summed E-state index contributed by atoms with van der Waals surface area (Å²) in [6.45, 7) is 4.60. The molecule has 0 spiro atoms. The Bertz CT molecular complexity index is 2140. The number of rotatable bonds is 1. The molecular weight excluding hydrogens is 615 g/mol. The minimum absolute atomic E-state index is 0.327. The lowest BCUT2D eigenvalue weighted by molar-refractivity contribution is 0.0685. The zero-order valence-corrected chi connectivity index (χ0v) is 28.4. The lowest BCUT2D eigenvalue weighted by Gasteiger charge is -2.14. The summed E-state index contributed by atoms with van der Waals surface area (Å²) < 4.78 is 12.4. The Balaban J connectivity index is 1.36. The molecule has 3 aromatic heterocycles. The maximum Gasteiger partial charge on any atom is 0.352 e. The van der Waals surface area contributed by atoms with E-state index in [0.717, 1.165) is 83.4 Å². The van der Waals surface area contributed by atoms with E-state index in [0.29, 0.717) is 30.9 Å². The van der Waals surface area contributed by atoms with Crippen LogP contribution in [-0.4, -0.2) is 41.6 Å². The van der Waals surface area contributed by atoms with Crippen molar-refractivity contribution < 1.29 is 14.6 Å². The highest BCUT2D eigenvalue weighted by molar-refractivity contribution is 7.98. The van der Waals surface area contributed by atoms with Crippen LogP contribution in [-0.2, 0) is 44.8 Å². The van der Waals surface area contributed by atoms with Crippen LogP contribution in [0.25, 0.3) is 32.9 Å². The number of hydrogen-bond donors (Lipinski definition) is 1. The van der Waals surface area contributed by atoms with Gasteiger partial charge in [0.1, 0.15) is 17.3 Å². The summed E-state index contributed by atoms with van der Waals surface area (Å²) in [6.07, 6.45) is 1.27. The normalized spacial score (nSPS) is 14.3. The monoisotopic (exact) mass is 651 g/mol. The van der Waals surface area contributed by atoms with Crippen molar-refractivity contribution in [3.05, 3.63) is 94.3 Å². The first-order valence-electron chi connectivity index (χ1n) is 15.5. The van der Waals surface area contributed by atoms with Crippen molar-refractivity contribution in [3.63, 3.8) is 0 Å². The molecule has 1 aliphatic heterocycles. The number of carbonyl (C=O) groups is 1. The molecule has 0 aliphatic carbocycles. The maximum absolute atomic E-state index is 12.8. The third-order valence-electron chi connectivity index (χ3n) is 9.03. The Morgan fingerprint density at radius 2 is 1.78 bits per heavy atom. The Morgan fingerprint density at radius 3 is 2.61 bits per heavy atom. The first-order chi connectivity index (χ1) is 22.2. The van der Waals surface area contributed by atoms with Gasteiger partial charge in [-0.25, -0.2) is 9.78 Å². The van der Waals surface area contributed by atoms with Crippen LogP contribution in [0.3, 0.4) is 0 Å². The van der Waals surface area contributed by atoms with Gasteiger partial charge in [0.15, 0.2) is 0 Å². The van der Waals surface area contributed by atoms with Gasteiger partial charge in [-0.15, -0.1) is 23.5 Å². The minimum atomic E-state index is -0.921. The largest absolute Gasteiger partial charge is 0.493 e. The quantitative estimate of drug-likeness (QED) is 0.194. The molecule has 8 nitrogen and oxygen atoms in total. The van der Waals surface area contributed by atoms with E-state index in [4.69, 9.17) is 14.8 Å². The highest BCUT2D eigenvalue weighted by Gasteiger charge is 2.26. The number of thioether (sulfide) groups is 2. The predicted octanol–water partition coefficient (Wildman–Crippen LogP) is 7.83. The van der Waals surface area contributed by atoms with E-state index in [9.17, 15) is 9.90 Å². The molecule has 3 aromatic carbocycles. The van der Waals surface area contributed by atoms with Crippen molar-refractivity contribution in [2.75, 3.05) is 6.61 Å². The second-order valence-electron chi connectivity index (χ2n) is 12.0. The number of benzene rings is 3. The van der Waals surface area contributed by atoms with Gasteiger partial charge < -0.3 is 19.0 Å². The van der Waals surface area contributed by atoms with Crippen LogP contribution in [0.15, 0.2) is 59.5 Å². The van der Waals surface area contributed by atoms with Gasteiger partial charge in [-0.05, 0) is 61.4 Å². The van der Waals surface area contributed by atoms with Gasteiger partial charge in [0, 0.05) is 65.3 Å². The first-order valence-corrected chi connectivity index (χ1v) is 17.6. The molecule has 4 heterocycles. The molecular formula is C36H37N5O3S2. The lowest BCUT2D eigenvalue weighted by Crippen LogP contribution is -2.09. The summed E-state index contributed by atoms with van der Waals surface area (Å²) in [5.41, 5.74) is 8.48. The number of hydrogen-bond acceptors (Lipinski definition) is 6. The van der Waals surface area contributed by atoms with E-state index in [1.54, 1.807) is 23.5 Å². The number of carboxylic acid groups (broad SMARTS) is 1. The zero-order valence-electron chi connectivity index (χ0n) is 26.8. The van der Waals surface area contributed by atoms with Crippen molar-refractivity contribution in [3.8, 4) is 17.0 Å². The summed E-state index contributed by atoms with van der Waals surface area (Å²) in [5, 5.41) is 18.5. The Hall–Kier alpha value is -4.15. The van der Waals surface area contributed by atoms with Gasteiger partial charge >= 0.3 is 5.97 Å².